The van der Waals surface area contributed by atoms with Crippen LogP contribution < -0.4 is 5.73 Å². The van der Waals surface area contributed by atoms with Crippen LogP contribution in [0.5, 0.6) is 0 Å². The Morgan fingerprint density at radius 3 is 2.60 bits per heavy atom. The topological polar surface area (TPSA) is 56.7 Å². The normalized spacial score (nSPS) is 10.7. The fraction of sp³-hybridized carbons (Fsp3) is 0.0667. The summed E-state index contributed by atoms with van der Waals surface area (Å²) in [5.41, 5.74) is 9.66. The molecule has 0 amide bonds. The van der Waals surface area contributed by atoms with Gasteiger partial charge in [-0.25, -0.2) is 0 Å². The second-order valence-electron chi connectivity index (χ2n) is 4.53. The molecule has 2 N–H and O–H groups in total. The second-order valence-corrected chi connectivity index (χ2v) is 4.97. The summed E-state index contributed by atoms with van der Waals surface area (Å²) in [4.78, 5) is 0. The van der Waals surface area contributed by atoms with Crippen LogP contribution in [-0.2, 0) is 0 Å². The number of benzene rings is 2. The molecule has 0 bridgehead atoms. The van der Waals surface area contributed by atoms with Crippen molar-refractivity contribution in [3.05, 3.63) is 59.1 Å². The number of aromatic nitrogens is 3. The van der Waals surface area contributed by atoms with Gasteiger partial charge in [0.15, 0.2) is 5.82 Å². The third-order valence-corrected chi connectivity index (χ3v) is 3.40. The number of halogens is 1. The SMILES string of the molecule is Cc1ccc(Cl)cc1-c1nnn(-c2ccccc2)c1N. The van der Waals surface area contributed by atoms with Crippen molar-refractivity contribution in [1.82, 2.24) is 15.0 Å². The number of nitrogen functional groups attached to an aromatic ring is 1. The number of rotatable bonds is 2. The monoisotopic (exact) mass is 284 g/mol. The summed E-state index contributed by atoms with van der Waals surface area (Å²) in [6.07, 6.45) is 0. The Morgan fingerprint density at radius 1 is 1.10 bits per heavy atom. The fourth-order valence-electron chi connectivity index (χ4n) is 2.09. The standard InChI is InChI=1S/C15H13ClN4/c1-10-7-8-11(16)9-13(10)14-15(17)20(19-18-14)12-5-3-2-4-6-12/h2-9H,17H2,1H3. The molecule has 0 aliphatic carbocycles. The number of aryl methyl sites for hydroxylation is 1. The molecule has 0 unspecified atom stereocenters. The van der Waals surface area contributed by atoms with E-state index in [1.165, 1.54) is 0 Å². The quantitative estimate of drug-likeness (QED) is 0.784. The molecule has 0 atom stereocenters. The molecule has 5 heteroatoms. The first-order valence-electron chi connectivity index (χ1n) is 6.20. The van der Waals surface area contributed by atoms with E-state index in [0.29, 0.717) is 16.5 Å². The van der Waals surface area contributed by atoms with E-state index in [9.17, 15) is 0 Å². The molecule has 2 aromatic carbocycles. The maximum atomic E-state index is 6.18. The lowest BCUT2D eigenvalue weighted by molar-refractivity contribution is 0.810. The molecule has 0 spiro atoms. The Balaban J connectivity index is 2.14. The molecule has 0 aliphatic rings. The van der Waals surface area contributed by atoms with Crippen LogP contribution in [0, 0.1) is 6.92 Å². The van der Waals surface area contributed by atoms with Crippen molar-refractivity contribution in [1.29, 1.82) is 0 Å². The number of anilines is 1. The number of hydrogen-bond donors (Lipinski definition) is 1. The highest BCUT2D eigenvalue weighted by atomic mass is 35.5. The van der Waals surface area contributed by atoms with E-state index in [2.05, 4.69) is 10.3 Å². The minimum Gasteiger partial charge on any atom is -0.382 e. The molecule has 4 nitrogen and oxygen atoms in total. The van der Waals surface area contributed by atoms with Crippen molar-refractivity contribution in [2.45, 2.75) is 6.92 Å². The van der Waals surface area contributed by atoms with Crippen LogP contribution in [0.25, 0.3) is 16.9 Å². The van der Waals surface area contributed by atoms with Gasteiger partial charge in [0.2, 0.25) is 0 Å². The van der Waals surface area contributed by atoms with Crippen LogP contribution in [0.2, 0.25) is 5.02 Å². The second kappa shape index (κ2) is 4.98. The van der Waals surface area contributed by atoms with Crippen LogP contribution in [0.3, 0.4) is 0 Å². The van der Waals surface area contributed by atoms with E-state index < -0.39 is 0 Å². The van der Waals surface area contributed by atoms with E-state index >= 15 is 0 Å². The Morgan fingerprint density at radius 2 is 1.85 bits per heavy atom. The van der Waals surface area contributed by atoms with Crippen molar-refractivity contribution in [2.75, 3.05) is 5.73 Å². The highest BCUT2D eigenvalue weighted by Gasteiger charge is 2.14. The predicted octanol–water partition coefficient (Wildman–Crippen LogP) is 3.48. The maximum absolute atomic E-state index is 6.18. The van der Waals surface area contributed by atoms with Gasteiger partial charge in [-0.3, -0.25) is 0 Å². The van der Waals surface area contributed by atoms with Gasteiger partial charge < -0.3 is 5.73 Å². The first-order valence-corrected chi connectivity index (χ1v) is 6.58. The predicted molar refractivity (Wildman–Crippen MR) is 81.0 cm³/mol. The van der Waals surface area contributed by atoms with Gasteiger partial charge in [0, 0.05) is 10.6 Å². The van der Waals surface area contributed by atoms with E-state index in [4.69, 9.17) is 17.3 Å². The summed E-state index contributed by atoms with van der Waals surface area (Å²) >= 11 is 6.05. The number of para-hydroxylation sites is 1. The van der Waals surface area contributed by atoms with Gasteiger partial charge >= 0.3 is 0 Å². The molecule has 3 rings (SSSR count). The largest absolute Gasteiger partial charge is 0.382 e. The third kappa shape index (κ3) is 2.14. The zero-order valence-corrected chi connectivity index (χ0v) is 11.7. The number of nitrogens with two attached hydrogens (primary N) is 1. The molecule has 1 aromatic heterocycles. The minimum atomic E-state index is 0.501. The van der Waals surface area contributed by atoms with Crippen LogP contribution in [0.4, 0.5) is 5.82 Å². The average molecular weight is 285 g/mol. The lowest BCUT2D eigenvalue weighted by atomic mass is 10.1. The first-order chi connectivity index (χ1) is 9.66. The van der Waals surface area contributed by atoms with Crippen molar-refractivity contribution >= 4 is 17.4 Å². The molecule has 0 radical (unpaired) electrons. The number of hydrogen-bond acceptors (Lipinski definition) is 3. The molecule has 100 valence electrons. The minimum absolute atomic E-state index is 0.501. The van der Waals surface area contributed by atoms with E-state index in [0.717, 1.165) is 16.8 Å². The Bertz CT molecular complexity index is 750. The molecule has 20 heavy (non-hydrogen) atoms. The summed E-state index contributed by atoms with van der Waals surface area (Å²) < 4.78 is 1.62. The smallest absolute Gasteiger partial charge is 0.155 e. The Labute approximate surface area is 121 Å². The third-order valence-electron chi connectivity index (χ3n) is 3.16. The van der Waals surface area contributed by atoms with E-state index in [1.54, 1.807) is 4.68 Å². The van der Waals surface area contributed by atoms with Gasteiger partial charge in [-0.2, -0.15) is 4.68 Å². The van der Waals surface area contributed by atoms with Gasteiger partial charge in [0.25, 0.3) is 0 Å². The molecular weight excluding hydrogens is 272 g/mol. The molecular formula is C15H13ClN4. The Hall–Kier alpha value is -2.33. The molecule has 0 saturated heterocycles. The summed E-state index contributed by atoms with van der Waals surface area (Å²) in [5, 5.41) is 8.98. The number of nitrogens with zero attached hydrogens (tertiary/aromatic N) is 3. The van der Waals surface area contributed by atoms with Gasteiger partial charge in [0.05, 0.1) is 5.69 Å². The summed E-state index contributed by atoms with van der Waals surface area (Å²) in [6.45, 7) is 1.99. The van der Waals surface area contributed by atoms with E-state index in [-0.39, 0.29) is 0 Å². The maximum Gasteiger partial charge on any atom is 0.155 e. The molecule has 0 aliphatic heterocycles. The fourth-order valence-corrected chi connectivity index (χ4v) is 2.26. The zero-order valence-electron chi connectivity index (χ0n) is 10.9. The molecule has 0 saturated carbocycles. The van der Waals surface area contributed by atoms with Crippen LogP contribution in [-0.4, -0.2) is 15.0 Å². The summed E-state index contributed by atoms with van der Waals surface area (Å²) in [7, 11) is 0. The van der Waals surface area contributed by atoms with Crippen molar-refractivity contribution in [2.24, 2.45) is 0 Å². The van der Waals surface area contributed by atoms with Crippen molar-refractivity contribution in [3.8, 4) is 16.9 Å². The highest BCUT2D eigenvalue weighted by Crippen LogP contribution is 2.30. The molecule has 0 fully saturated rings. The molecule has 1 heterocycles. The van der Waals surface area contributed by atoms with Gasteiger partial charge in [-0.15, -0.1) is 5.10 Å². The zero-order chi connectivity index (χ0) is 14.1. The lowest BCUT2D eigenvalue weighted by Gasteiger charge is -2.05. The first kappa shape index (κ1) is 12.7. The average Bonchev–Trinajstić information content (AvgIpc) is 2.84. The lowest BCUT2D eigenvalue weighted by Crippen LogP contribution is -2.02. The Kier molecular flexibility index (Phi) is 3.16. The van der Waals surface area contributed by atoms with Crippen LogP contribution >= 0.6 is 11.6 Å². The van der Waals surface area contributed by atoms with Crippen molar-refractivity contribution < 1.29 is 0 Å². The van der Waals surface area contributed by atoms with Crippen LogP contribution in [0.1, 0.15) is 5.56 Å². The van der Waals surface area contributed by atoms with E-state index in [1.807, 2.05) is 55.5 Å². The van der Waals surface area contributed by atoms with Crippen LogP contribution in [0.15, 0.2) is 48.5 Å². The summed E-state index contributed by atoms with van der Waals surface area (Å²) in [6, 6.07) is 15.3. The van der Waals surface area contributed by atoms with Gasteiger partial charge in [-0.05, 0) is 36.8 Å². The molecule has 3 aromatic rings. The van der Waals surface area contributed by atoms with Gasteiger partial charge in [-0.1, -0.05) is 41.1 Å². The van der Waals surface area contributed by atoms with Gasteiger partial charge in [0.1, 0.15) is 5.69 Å². The highest BCUT2D eigenvalue weighted by molar-refractivity contribution is 6.30. The summed E-state index contributed by atoms with van der Waals surface area (Å²) in [5.74, 6) is 0.501. The van der Waals surface area contributed by atoms with Crippen molar-refractivity contribution in [3.63, 3.8) is 0 Å².